The first-order chi connectivity index (χ1) is 19.2. The van der Waals surface area contributed by atoms with E-state index in [1.165, 1.54) is 4.90 Å². The summed E-state index contributed by atoms with van der Waals surface area (Å²) in [5, 5.41) is 5.56. The molecule has 11 nitrogen and oxygen atoms in total. The van der Waals surface area contributed by atoms with Gasteiger partial charge in [0.1, 0.15) is 23.2 Å². The fraction of sp³-hybridized carbons (Fsp3) is 0.724. The molecule has 0 unspecified atom stereocenters. The van der Waals surface area contributed by atoms with Gasteiger partial charge in [-0.15, -0.1) is 6.58 Å². The maximum Gasteiger partial charge on any atom is 0.408 e. The molecule has 2 heterocycles. The van der Waals surface area contributed by atoms with Crippen LogP contribution in [0.2, 0.25) is 0 Å². The fourth-order valence-corrected chi connectivity index (χ4v) is 7.47. The molecule has 3 N–H and O–H groups in total. The minimum atomic E-state index is -3.98. The second-order valence-corrected chi connectivity index (χ2v) is 14.9. The predicted octanol–water partition coefficient (Wildman–Crippen LogP) is 2.82. The van der Waals surface area contributed by atoms with Crippen LogP contribution in [0.5, 0.6) is 0 Å². The van der Waals surface area contributed by atoms with Gasteiger partial charge in [0.2, 0.25) is 21.8 Å². The van der Waals surface area contributed by atoms with Gasteiger partial charge in [-0.1, -0.05) is 31.1 Å². The van der Waals surface area contributed by atoms with E-state index in [9.17, 15) is 27.6 Å². The van der Waals surface area contributed by atoms with E-state index in [2.05, 4.69) is 21.9 Å². The Morgan fingerprint density at radius 1 is 1.17 bits per heavy atom. The lowest BCUT2D eigenvalue weighted by Crippen LogP contribution is -2.58. The number of amides is 4. The number of rotatable bonds is 6. The van der Waals surface area contributed by atoms with E-state index in [-0.39, 0.29) is 24.7 Å². The van der Waals surface area contributed by atoms with Gasteiger partial charge in [0.05, 0.1) is 4.75 Å². The zero-order chi connectivity index (χ0) is 30.1. The van der Waals surface area contributed by atoms with Crippen LogP contribution in [0, 0.1) is 5.92 Å². The normalized spacial score (nSPS) is 30.0. The molecule has 2 saturated carbocycles. The lowest BCUT2D eigenvalue weighted by molar-refractivity contribution is -0.141. The van der Waals surface area contributed by atoms with Crippen LogP contribution >= 0.6 is 0 Å². The molecule has 3 fully saturated rings. The lowest BCUT2D eigenvalue weighted by Gasteiger charge is -2.30. The first kappa shape index (κ1) is 31.1. The summed E-state index contributed by atoms with van der Waals surface area (Å²) >= 11 is 0. The topological polar surface area (TPSA) is 151 Å². The Hall–Kier alpha value is -2.89. The molecular weight excluding hydrogens is 548 g/mol. The van der Waals surface area contributed by atoms with Gasteiger partial charge in [0, 0.05) is 12.5 Å². The minimum absolute atomic E-state index is 0.246. The number of sulfonamides is 1. The van der Waals surface area contributed by atoms with Gasteiger partial charge in [-0.2, -0.15) is 0 Å². The van der Waals surface area contributed by atoms with Crippen molar-refractivity contribution < 1.29 is 32.3 Å². The SMILES string of the molecule is C=CCC1(S(=O)(=O)NC(=O)[C@@]23C[C@H]2C=CCCCCC[C@H](NC(=O)OC(C)(C)C)C(=O)N2CCC[C@H]2C(=O)N3)CC1. The highest BCUT2D eigenvalue weighted by Crippen LogP contribution is 2.49. The van der Waals surface area contributed by atoms with Gasteiger partial charge < -0.3 is 20.3 Å². The molecule has 41 heavy (non-hydrogen) atoms. The van der Waals surface area contributed by atoms with Gasteiger partial charge in [-0.25, -0.2) is 13.2 Å². The van der Waals surface area contributed by atoms with E-state index in [0.29, 0.717) is 45.1 Å². The van der Waals surface area contributed by atoms with Crippen LogP contribution < -0.4 is 15.4 Å². The smallest absolute Gasteiger partial charge is 0.408 e. The van der Waals surface area contributed by atoms with Crippen LogP contribution in [0.15, 0.2) is 24.8 Å². The fourth-order valence-electron chi connectivity index (χ4n) is 5.85. The summed E-state index contributed by atoms with van der Waals surface area (Å²) in [5.41, 5.74) is -2.14. The molecule has 0 spiro atoms. The lowest BCUT2D eigenvalue weighted by atomic mass is 10.0. The molecule has 4 rings (SSSR count). The molecule has 2 aliphatic heterocycles. The van der Waals surface area contributed by atoms with Crippen LogP contribution in [0.25, 0.3) is 0 Å². The molecule has 0 radical (unpaired) electrons. The van der Waals surface area contributed by atoms with E-state index in [1.54, 1.807) is 26.8 Å². The molecule has 0 aromatic rings. The van der Waals surface area contributed by atoms with Crippen molar-refractivity contribution in [2.24, 2.45) is 5.92 Å². The first-order valence-corrected chi connectivity index (χ1v) is 16.2. The molecule has 0 aromatic carbocycles. The van der Waals surface area contributed by atoms with E-state index >= 15 is 0 Å². The molecule has 0 bridgehead atoms. The molecule has 0 aromatic heterocycles. The van der Waals surface area contributed by atoms with E-state index in [4.69, 9.17) is 4.74 Å². The number of ether oxygens (including phenoxy) is 1. The number of nitrogens with one attached hydrogen (secondary N) is 3. The van der Waals surface area contributed by atoms with Crippen LogP contribution in [-0.4, -0.2) is 71.6 Å². The standard InChI is InChI=1S/C29H44N4O7S/c1-5-15-28(16-17-28)41(38,39)32-25(36)29-19-20(29)12-9-7-6-8-10-13-21(30-26(37)40-27(2,3)4)24(35)33-18-11-14-22(33)23(34)31-29/h5,9,12,20-22H,1,6-8,10-11,13-19H2,2-4H3,(H,30,37)(H,31,34)(H,32,36)/t20-,21+,22+,29-/m1/s1. The predicted molar refractivity (Wildman–Crippen MR) is 153 cm³/mol. The molecule has 228 valence electrons. The Balaban J connectivity index is 1.55. The maximum atomic E-state index is 13.7. The molecular formula is C29H44N4O7S. The third-order valence-electron chi connectivity index (χ3n) is 8.45. The summed E-state index contributed by atoms with van der Waals surface area (Å²) in [7, 11) is -3.98. The van der Waals surface area contributed by atoms with Crippen molar-refractivity contribution >= 4 is 33.8 Å². The monoisotopic (exact) mass is 592 g/mol. The Bertz CT molecular complexity index is 1200. The second kappa shape index (κ2) is 11.8. The summed E-state index contributed by atoms with van der Waals surface area (Å²) in [6, 6.07) is -1.69. The second-order valence-electron chi connectivity index (χ2n) is 12.8. The van der Waals surface area contributed by atoms with Crippen LogP contribution in [0.4, 0.5) is 4.79 Å². The molecule has 4 atom stereocenters. The summed E-state index contributed by atoms with van der Waals surface area (Å²) < 4.78 is 32.9. The Morgan fingerprint density at radius 3 is 2.56 bits per heavy atom. The number of allylic oxidation sites excluding steroid dienone is 2. The van der Waals surface area contributed by atoms with Gasteiger partial charge >= 0.3 is 6.09 Å². The van der Waals surface area contributed by atoms with Gasteiger partial charge in [-0.05, 0) is 78.6 Å². The number of nitrogens with zero attached hydrogens (tertiary/aromatic N) is 1. The highest BCUT2D eigenvalue weighted by Gasteiger charge is 2.63. The number of hydrogen-bond acceptors (Lipinski definition) is 7. The van der Waals surface area contributed by atoms with Gasteiger partial charge in [-0.3, -0.25) is 19.1 Å². The number of alkyl carbamates (subject to hydrolysis) is 1. The van der Waals surface area contributed by atoms with Crippen molar-refractivity contribution in [2.75, 3.05) is 6.54 Å². The molecule has 12 heteroatoms. The Labute approximate surface area is 242 Å². The van der Waals surface area contributed by atoms with Crippen molar-refractivity contribution in [2.45, 2.75) is 119 Å². The average Bonchev–Trinajstić information content (AvgIpc) is 3.75. The van der Waals surface area contributed by atoms with Crippen molar-refractivity contribution in [3.8, 4) is 0 Å². The number of carbonyl (C=O) groups is 4. The Kier molecular flexibility index (Phi) is 8.92. The summed E-state index contributed by atoms with van der Waals surface area (Å²) in [5.74, 6) is -1.97. The quantitative estimate of drug-likeness (QED) is 0.401. The average molecular weight is 593 g/mol. The zero-order valence-corrected chi connectivity index (χ0v) is 25.2. The Morgan fingerprint density at radius 2 is 1.90 bits per heavy atom. The van der Waals surface area contributed by atoms with E-state index < -0.39 is 55.9 Å². The highest BCUT2D eigenvalue weighted by molar-refractivity contribution is 7.91. The molecule has 4 aliphatic rings. The minimum Gasteiger partial charge on any atom is -0.444 e. The van der Waals surface area contributed by atoms with Crippen molar-refractivity contribution in [1.82, 2.24) is 20.3 Å². The summed E-state index contributed by atoms with van der Waals surface area (Å²) in [6.07, 6.45) is 10.6. The molecule has 1 saturated heterocycles. The molecule has 2 aliphatic carbocycles. The van der Waals surface area contributed by atoms with Crippen LogP contribution in [0.1, 0.15) is 91.4 Å². The van der Waals surface area contributed by atoms with Gasteiger partial charge in [0.15, 0.2) is 0 Å². The third kappa shape index (κ3) is 6.95. The maximum absolute atomic E-state index is 13.7. The van der Waals surface area contributed by atoms with Crippen LogP contribution in [0.3, 0.4) is 0 Å². The van der Waals surface area contributed by atoms with E-state index in [0.717, 1.165) is 19.3 Å². The molecule has 4 amide bonds. The van der Waals surface area contributed by atoms with Crippen molar-refractivity contribution in [1.29, 1.82) is 0 Å². The van der Waals surface area contributed by atoms with Crippen molar-refractivity contribution in [3.05, 3.63) is 24.8 Å². The summed E-state index contributed by atoms with van der Waals surface area (Å²) in [6.45, 7) is 9.21. The van der Waals surface area contributed by atoms with Gasteiger partial charge in [0.25, 0.3) is 5.91 Å². The number of carbonyl (C=O) groups excluding carboxylic acids is 4. The number of hydrogen-bond donors (Lipinski definition) is 3. The zero-order valence-electron chi connectivity index (χ0n) is 24.4. The third-order valence-corrected chi connectivity index (χ3v) is 10.6. The number of fused-ring (bicyclic) bond motifs is 2. The van der Waals surface area contributed by atoms with Crippen LogP contribution in [-0.2, 0) is 29.1 Å². The summed E-state index contributed by atoms with van der Waals surface area (Å²) in [4.78, 5) is 54.9. The first-order valence-electron chi connectivity index (χ1n) is 14.7. The highest BCUT2D eigenvalue weighted by atomic mass is 32.2. The van der Waals surface area contributed by atoms with Crippen molar-refractivity contribution in [3.63, 3.8) is 0 Å². The largest absolute Gasteiger partial charge is 0.444 e. The van der Waals surface area contributed by atoms with E-state index in [1.807, 2.05) is 12.2 Å².